The number of phenolic OH excluding ortho intramolecular Hbond substituents is 3. The van der Waals surface area contributed by atoms with E-state index in [4.69, 9.17) is 20.4 Å². The molecule has 0 bridgehead atoms. The molecule has 4 aromatic rings. The average Bonchev–Trinajstić information content (AvgIpc) is 3.09. The number of carbonyl (C=O) groups is 4. The molecule has 0 aliphatic heterocycles. The molecule has 0 aliphatic carbocycles. The van der Waals surface area contributed by atoms with Crippen LogP contribution in [0, 0.1) is 0 Å². The van der Waals surface area contributed by atoms with Gasteiger partial charge in [0.25, 0.3) is 0 Å². The molecule has 4 aromatic carbocycles. The summed E-state index contributed by atoms with van der Waals surface area (Å²) in [6, 6.07) is 27.9. The van der Waals surface area contributed by atoms with Gasteiger partial charge in [0.1, 0.15) is 17.2 Å². The molecule has 0 aliphatic rings. The topological polar surface area (TPSA) is 233 Å². The lowest BCUT2D eigenvalue weighted by molar-refractivity contribution is -0.926. The standard InChI is InChI=1S/C26H22O4.C12H19NO8/c27-21-9-1-17(2-10-21)25(18-3-11-22(28)12-4-18)26(19-5-13-23(29)14-6-19)20-7-15-24(30)16-8-20;14-9(15)1-5-13(6-2-10(16)17,7-3-11(18)19)8-4-12(20)21/h1-16,25-30H;1-8H2,(H3-,14,15,16,17,18,19,20,21). The molecule has 0 radical (unpaired) electrons. The van der Waals surface area contributed by atoms with Gasteiger partial charge in [0, 0.05) is 11.8 Å². The molecule has 7 N–H and O–H groups in total. The maximum absolute atomic E-state index is 11.7. The van der Waals surface area contributed by atoms with Crippen molar-refractivity contribution in [3.8, 4) is 23.0 Å². The lowest BCUT2D eigenvalue weighted by atomic mass is 9.73. The third-order valence-corrected chi connectivity index (χ3v) is 8.53. The van der Waals surface area contributed by atoms with Crippen LogP contribution in [0.4, 0.5) is 0 Å². The number of hydrogen-bond acceptors (Lipinski definition) is 8. The zero-order valence-electron chi connectivity index (χ0n) is 27.7. The van der Waals surface area contributed by atoms with Crippen LogP contribution in [0.15, 0.2) is 97.1 Å². The van der Waals surface area contributed by atoms with Crippen LogP contribution in [0.1, 0.15) is 59.8 Å². The monoisotopic (exact) mass is 703 g/mol. The Morgan fingerprint density at radius 1 is 0.431 bits per heavy atom. The Bertz CT molecular complexity index is 1480. The summed E-state index contributed by atoms with van der Waals surface area (Å²) in [5.41, 5.74) is 3.87. The van der Waals surface area contributed by atoms with Gasteiger partial charge in [-0.05, 0) is 58.7 Å². The minimum atomic E-state index is -1.10. The summed E-state index contributed by atoms with van der Waals surface area (Å²) in [6.07, 6.45) is -1.12. The first-order valence-electron chi connectivity index (χ1n) is 16.0. The highest BCUT2D eigenvalue weighted by atomic mass is 16.4. The zero-order valence-corrected chi connectivity index (χ0v) is 27.7. The summed E-state index contributed by atoms with van der Waals surface area (Å²) in [4.78, 5) is 42.8. The molecule has 1 unspecified atom stereocenters. The first-order valence-corrected chi connectivity index (χ1v) is 16.0. The second-order valence-electron chi connectivity index (χ2n) is 12.1. The Labute approximate surface area is 294 Å². The first kappa shape index (κ1) is 39.4. The summed E-state index contributed by atoms with van der Waals surface area (Å²) in [6.45, 7) is 0.0126. The van der Waals surface area contributed by atoms with Gasteiger partial charge in [-0.15, -0.1) is 5.75 Å². The number of aliphatic carboxylic acids is 4. The fourth-order valence-corrected chi connectivity index (χ4v) is 5.88. The lowest BCUT2D eigenvalue weighted by Crippen LogP contribution is -2.52. The number of rotatable bonds is 17. The molecule has 0 fully saturated rings. The van der Waals surface area contributed by atoms with E-state index in [9.17, 15) is 39.6 Å². The van der Waals surface area contributed by atoms with Gasteiger partial charge in [-0.3, -0.25) is 19.2 Å². The predicted molar refractivity (Wildman–Crippen MR) is 183 cm³/mol. The molecule has 0 aromatic heterocycles. The summed E-state index contributed by atoms with van der Waals surface area (Å²) in [5, 5.41) is 76.1. The molecule has 0 amide bonds. The Kier molecular flexibility index (Phi) is 14.4. The van der Waals surface area contributed by atoms with E-state index in [2.05, 4.69) is 0 Å². The van der Waals surface area contributed by atoms with Crippen molar-refractivity contribution in [2.45, 2.75) is 37.5 Å². The number of phenols is 3. The summed E-state index contributed by atoms with van der Waals surface area (Å²) < 4.78 is -0.142. The third kappa shape index (κ3) is 12.7. The van der Waals surface area contributed by atoms with Gasteiger partial charge < -0.3 is 45.3 Å². The fourth-order valence-electron chi connectivity index (χ4n) is 5.88. The Morgan fingerprint density at radius 3 is 0.863 bits per heavy atom. The summed E-state index contributed by atoms with van der Waals surface area (Å²) >= 11 is 0. The number of benzene rings is 4. The van der Waals surface area contributed by atoms with Gasteiger partial charge in [-0.25, -0.2) is 0 Å². The fraction of sp³-hybridized carbons (Fsp3) is 0.263. The largest absolute Gasteiger partial charge is 0.872 e. The average molecular weight is 704 g/mol. The number of hydrogen-bond donors (Lipinski definition) is 7. The van der Waals surface area contributed by atoms with E-state index in [-0.39, 0.29) is 91.2 Å². The van der Waals surface area contributed by atoms with E-state index in [1.54, 1.807) is 48.5 Å². The predicted octanol–water partition coefficient (Wildman–Crippen LogP) is 4.54. The SMILES string of the molecule is O=C(O)CC[N+](CCC(=O)O)(CCC(=O)O)CCC(=O)O.[O-]c1ccc(C(c2ccc(O)cc2)C(c2ccc(O)cc2)c2ccc(O)cc2)cc1. The second-order valence-corrected chi connectivity index (χ2v) is 12.1. The van der Waals surface area contributed by atoms with Gasteiger partial charge in [0.05, 0.1) is 51.9 Å². The highest BCUT2D eigenvalue weighted by molar-refractivity contribution is 5.68. The molecule has 270 valence electrons. The van der Waals surface area contributed by atoms with E-state index in [1.165, 1.54) is 0 Å². The first-order chi connectivity index (χ1) is 24.2. The molecule has 13 heteroatoms. The van der Waals surface area contributed by atoms with Crippen LogP contribution >= 0.6 is 0 Å². The van der Waals surface area contributed by atoms with Crippen molar-refractivity contribution in [1.82, 2.24) is 0 Å². The van der Waals surface area contributed by atoms with Crippen molar-refractivity contribution in [1.29, 1.82) is 0 Å². The lowest BCUT2D eigenvalue weighted by Gasteiger charge is -2.37. The number of carboxylic acid groups (broad SMARTS) is 4. The minimum Gasteiger partial charge on any atom is -0.872 e. The Balaban J connectivity index is 0.000000297. The quantitative estimate of drug-likeness (QED) is 0.0751. The van der Waals surface area contributed by atoms with Crippen molar-refractivity contribution < 1.29 is 64.5 Å². The normalized spacial score (nSPS) is 11.6. The van der Waals surface area contributed by atoms with Gasteiger partial charge in [-0.2, -0.15) is 0 Å². The molecule has 13 nitrogen and oxygen atoms in total. The molecule has 51 heavy (non-hydrogen) atoms. The van der Waals surface area contributed by atoms with Crippen LogP contribution in [-0.4, -0.2) is 90.3 Å². The summed E-state index contributed by atoms with van der Waals surface area (Å²) in [7, 11) is 0. The molecule has 0 saturated carbocycles. The van der Waals surface area contributed by atoms with E-state index in [0.29, 0.717) is 0 Å². The number of aromatic hydroxyl groups is 3. The Hall–Kier alpha value is -6.08. The van der Waals surface area contributed by atoms with E-state index in [0.717, 1.165) is 22.3 Å². The molecule has 0 saturated heterocycles. The molecule has 0 spiro atoms. The van der Waals surface area contributed by atoms with Crippen molar-refractivity contribution in [3.05, 3.63) is 119 Å². The van der Waals surface area contributed by atoms with Crippen LogP contribution in [-0.2, 0) is 19.2 Å². The maximum atomic E-state index is 11.7. The van der Waals surface area contributed by atoms with E-state index in [1.807, 2.05) is 48.5 Å². The van der Waals surface area contributed by atoms with Crippen molar-refractivity contribution >= 4 is 23.9 Å². The van der Waals surface area contributed by atoms with E-state index < -0.39 is 23.9 Å². The highest BCUT2D eigenvalue weighted by Gasteiger charge is 2.31. The number of nitrogens with zero attached hydrogens (tertiary/aromatic N) is 1. The smallest absolute Gasteiger partial charge is 0.309 e. The molecular formula is C38H41NO12. The van der Waals surface area contributed by atoms with Gasteiger partial charge in [-0.1, -0.05) is 60.7 Å². The number of carboxylic acids is 4. The van der Waals surface area contributed by atoms with Gasteiger partial charge >= 0.3 is 23.9 Å². The zero-order chi connectivity index (χ0) is 37.6. The number of quaternary nitrogens is 1. The Morgan fingerprint density at radius 2 is 0.647 bits per heavy atom. The van der Waals surface area contributed by atoms with Crippen LogP contribution in [0.5, 0.6) is 23.0 Å². The third-order valence-electron chi connectivity index (χ3n) is 8.53. The van der Waals surface area contributed by atoms with Crippen molar-refractivity contribution in [2.24, 2.45) is 0 Å². The molecule has 1 atom stereocenters. The highest BCUT2D eigenvalue weighted by Crippen LogP contribution is 2.44. The van der Waals surface area contributed by atoms with Crippen LogP contribution in [0.3, 0.4) is 0 Å². The molecular weight excluding hydrogens is 662 g/mol. The summed E-state index contributed by atoms with van der Waals surface area (Å²) in [5.74, 6) is -4.24. The molecule has 0 heterocycles. The van der Waals surface area contributed by atoms with Crippen molar-refractivity contribution in [3.63, 3.8) is 0 Å². The van der Waals surface area contributed by atoms with Gasteiger partial charge in [0.2, 0.25) is 0 Å². The van der Waals surface area contributed by atoms with Crippen LogP contribution < -0.4 is 5.11 Å². The second kappa shape index (κ2) is 18.6. The minimum absolute atomic E-state index is 0.00315. The maximum Gasteiger partial charge on any atom is 0.309 e. The van der Waals surface area contributed by atoms with Crippen LogP contribution in [0.25, 0.3) is 0 Å². The van der Waals surface area contributed by atoms with Gasteiger partial charge in [0.15, 0.2) is 0 Å². The van der Waals surface area contributed by atoms with Crippen LogP contribution in [0.2, 0.25) is 0 Å². The molecule has 4 rings (SSSR count). The van der Waals surface area contributed by atoms with Crippen molar-refractivity contribution in [2.75, 3.05) is 26.2 Å². The van der Waals surface area contributed by atoms with E-state index >= 15 is 0 Å².